The number of fused-ring (bicyclic) bond motifs is 5. The molecule has 1 amide bonds. The van der Waals surface area contributed by atoms with Crippen molar-refractivity contribution in [1.82, 2.24) is 4.98 Å². The molecule has 5 nitrogen and oxygen atoms in total. The highest BCUT2D eigenvalue weighted by Gasteiger charge is 2.31. The number of aromatic nitrogens is 1. The van der Waals surface area contributed by atoms with Gasteiger partial charge in [0.2, 0.25) is 5.91 Å². The van der Waals surface area contributed by atoms with Crippen molar-refractivity contribution in [3.8, 4) is 11.3 Å². The van der Waals surface area contributed by atoms with Crippen LogP contribution in [-0.4, -0.2) is 36.1 Å². The number of rotatable bonds is 3. The summed E-state index contributed by atoms with van der Waals surface area (Å²) in [5, 5.41) is 4.10. The quantitative estimate of drug-likeness (QED) is 0.680. The predicted molar refractivity (Wildman–Crippen MR) is 104 cm³/mol. The molecule has 3 aromatic rings. The van der Waals surface area contributed by atoms with E-state index in [1.165, 1.54) is 0 Å². The molecule has 7 heteroatoms. The molecule has 1 saturated heterocycles. The van der Waals surface area contributed by atoms with E-state index in [2.05, 4.69) is 10.3 Å². The van der Waals surface area contributed by atoms with Crippen molar-refractivity contribution < 1.29 is 13.2 Å². The number of anilines is 1. The van der Waals surface area contributed by atoms with Gasteiger partial charge in [-0.2, -0.15) is 11.8 Å². The maximum absolute atomic E-state index is 12.6. The molecule has 2 aliphatic heterocycles. The molecular weight excluding hydrogens is 368 g/mol. The predicted octanol–water partition coefficient (Wildman–Crippen LogP) is 3.22. The standard InChI is InChI=1S/C19H16N2O3S2/c22-18-8-15-13-3-1-2-4-16(13)21-19(15)14-6-5-12(7-17(14)20-18)26(23,24)10-11-9-25-11/h1-7,11,21H,8-10H2,(H,20,22). The van der Waals surface area contributed by atoms with Gasteiger partial charge in [-0.25, -0.2) is 8.42 Å². The van der Waals surface area contributed by atoms with Crippen LogP contribution in [0.25, 0.3) is 22.2 Å². The Balaban J connectivity index is 1.67. The SMILES string of the molecule is O=C1Cc2c([nH]c3ccccc23)-c2ccc(S(=O)(=O)CC3CS3)cc2N1. The van der Waals surface area contributed by atoms with Crippen LogP contribution in [-0.2, 0) is 21.1 Å². The van der Waals surface area contributed by atoms with Gasteiger partial charge in [-0.1, -0.05) is 18.2 Å². The van der Waals surface area contributed by atoms with Gasteiger partial charge in [-0.3, -0.25) is 4.79 Å². The van der Waals surface area contributed by atoms with Crippen molar-refractivity contribution in [1.29, 1.82) is 0 Å². The number of aromatic amines is 1. The fourth-order valence-electron chi connectivity index (χ4n) is 3.51. The van der Waals surface area contributed by atoms with Gasteiger partial charge >= 0.3 is 0 Å². The Morgan fingerprint density at radius 1 is 1.15 bits per heavy atom. The van der Waals surface area contributed by atoms with Crippen LogP contribution >= 0.6 is 11.8 Å². The number of benzene rings is 2. The van der Waals surface area contributed by atoms with Crippen LogP contribution in [0.15, 0.2) is 47.4 Å². The summed E-state index contributed by atoms with van der Waals surface area (Å²) in [5.74, 6) is 0.920. The molecule has 0 saturated carbocycles. The molecule has 3 heterocycles. The molecule has 1 aromatic heterocycles. The lowest BCUT2D eigenvalue weighted by Crippen LogP contribution is -2.14. The Morgan fingerprint density at radius 2 is 1.96 bits per heavy atom. The van der Waals surface area contributed by atoms with E-state index in [0.717, 1.165) is 33.5 Å². The molecule has 0 spiro atoms. The Bertz CT molecular complexity index is 1160. The van der Waals surface area contributed by atoms with Crippen LogP contribution in [0.4, 0.5) is 5.69 Å². The first-order valence-electron chi connectivity index (χ1n) is 8.39. The molecule has 1 unspecified atom stereocenters. The Kier molecular flexibility index (Phi) is 3.45. The number of H-pyrrole nitrogens is 1. The summed E-state index contributed by atoms with van der Waals surface area (Å²) in [6.45, 7) is 0. The van der Waals surface area contributed by atoms with Crippen molar-refractivity contribution in [2.45, 2.75) is 16.6 Å². The second kappa shape index (κ2) is 5.62. The third-order valence-corrected chi connectivity index (χ3v) is 7.85. The van der Waals surface area contributed by atoms with Crippen LogP contribution in [0.3, 0.4) is 0 Å². The van der Waals surface area contributed by atoms with Crippen LogP contribution in [0, 0.1) is 0 Å². The van der Waals surface area contributed by atoms with Crippen LogP contribution < -0.4 is 5.32 Å². The number of carbonyl (C=O) groups excluding carboxylic acids is 1. The van der Waals surface area contributed by atoms with Crippen LogP contribution in [0.1, 0.15) is 5.56 Å². The first-order chi connectivity index (χ1) is 12.5. The van der Waals surface area contributed by atoms with Crippen LogP contribution in [0.2, 0.25) is 0 Å². The van der Waals surface area contributed by atoms with Crippen LogP contribution in [0.5, 0.6) is 0 Å². The van der Waals surface area contributed by atoms with Gasteiger partial charge in [0.15, 0.2) is 9.84 Å². The first kappa shape index (κ1) is 16.0. The van der Waals surface area contributed by atoms with Gasteiger partial charge in [-0.15, -0.1) is 0 Å². The van der Waals surface area contributed by atoms with E-state index in [9.17, 15) is 13.2 Å². The lowest BCUT2D eigenvalue weighted by Gasteiger charge is -2.10. The van der Waals surface area contributed by atoms with Crippen molar-refractivity contribution in [2.75, 3.05) is 16.8 Å². The number of amides is 1. The Hall–Kier alpha value is -2.25. The molecule has 5 rings (SSSR count). The first-order valence-corrected chi connectivity index (χ1v) is 11.1. The molecule has 2 aliphatic rings. The summed E-state index contributed by atoms with van der Waals surface area (Å²) in [5.41, 5.74) is 4.16. The summed E-state index contributed by atoms with van der Waals surface area (Å²) in [4.78, 5) is 16.1. The molecule has 2 N–H and O–H groups in total. The van der Waals surface area contributed by atoms with Gasteiger partial charge in [0.05, 0.1) is 28.5 Å². The van der Waals surface area contributed by atoms with Crippen molar-refractivity contribution in [3.05, 3.63) is 48.0 Å². The highest BCUT2D eigenvalue weighted by molar-refractivity contribution is 8.08. The van der Waals surface area contributed by atoms with Crippen molar-refractivity contribution in [2.24, 2.45) is 0 Å². The Labute approximate surface area is 155 Å². The summed E-state index contributed by atoms with van der Waals surface area (Å²) in [6.07, 6.45) is 0.259. The highest BCUT2D eigenvalue weighted by Crippen LogP contribution is 2.39. The maximum Gasteiger partial charge on any atom is 0.228 e. The summed E-state index contributed by atoms with van der Waals surface area (Å²) >= 11 is 1.66. The van der Waals surface area contributed by atoms with E-state index in [1.54, 1.807) is 30.0 Å². The molecule has 0 radical (unpaired) electrons. The molecule has 0 aliphatic carbocycles. The number of hydrogen-bond donors (Lipinski definition) is 2. The van der Waals surface area contributed by atoms with E-state index >= 15 is 0 Å². The number of carbonyl (C=O) groups is 1. The zero-order valence-corrected chi connectivity index (χ0v) is 15.4. The average molecular weight is 384 g/mol. The lowest BCUT2D eigenvalue weighted by atomic mass is 10.0. The number of hydrogen-bond acceptors (Lipinski definition) is 4. The number of nitrogens with one attached hydrogen (secondary N) is 2. The molecule has 0 bridgehead atoms. The molecule has 26 heavy (non-hydrogen) atoms. The van der Waals surface area contributed by atoms with Crippen molar-refractivity contribution >= 4 is 44.1 Å². The monoisotopic (exact) mass is 384 g/mol. The van der Waals surface area contributed by atoms with Gasteiger partial charge in [0, 0.05) is 27.5 Å². The van der Waals surface area contributed by atoms with E-state index < -0.39 is 9.84 Å². The average Bonchev–Trinajstić information content (AvgIpc) is 3.36. The molecule has 132 valence electrons. The smallest absolute Gasteiger partial charge is 0.228 e. The minimum Gasteiger partial charge on any atom is -0.354 e. The maximum atomic E-state index is 12.6. The van der Waals surface area contributed by atoms with E-state index in [-0.39, 0.29) is 28.2 Å². The Morgan fingerprint density at radius 3 is 2.77 bits per heavy atom. The number of sulfone groups is 1. The second-order valence-corrected chi connectivity index (χ2v) is 10.1. The molecular formula is C19H16N2O3S2. The second-order valence-electron chi connectivity index (χ2n) is 6.69. The van der Waals surface area contributed by atoms with E-state index in [4.69, 9.17) is 0 Å². The van der Waals surface area contributed by atoms with Gasteiger partial charge in [0.1, 0.15) is 0 Å². The fourth-order valence-corrected chi connectivity index (χ4v) is 6.21. The number of thioether (sulfide) groups is 1. The zero-order chi connectivity index (χ0) is 17.9. The number of para-hydroxylation sites is 1. The lowest BCUT2D eigenvalue weighted by molar-refractivity contribution is -0.115. The fraction of sp³-hybridized carbons (Fsp3) is 0.211. The molecule has 2 aromatic carbocycles. The van der Waals surface area contributed by atoms with E-state index in [0.29, 0.717) is 5.69 Å². The van der Waals surface area contributed by atoms with E-state index in [1.807, 2.05) is 24.3 Å². The minimum atomic E-state index is -3.34. The highest BCUT2D eigenvalue weighted by atomic mass is 32.2. The van der Waals surface area contributed by atoms with Crippen molar-refractivity contribution in [3.63, 3.8) is 0 Å². The van der Waals surface area contributed by atoms with Gasteiger partial charge in [0.25, 0.3) is 0 Å². The topological polar surface area (TPSA) is 79.0 Å². The zero-order valence-electron chi connectivity index (χ0n) is 13.8. The molecule has 1 fully saturated rings. The minimum absolute atomic E-state index is 0.137. The third-order valence-electron chi connectivity index (χ3n) is 4.85. The largest absolute Gasteiger partial charge is 0.354 e. The summed E-state index contributed by atoms with van der Waals surface area (Å²) < 4.78 is 25.2. The van der Waals surface area contributed by atoms with Gasteiger partial charge in [-0.05, 0) is 29.8 Å². The molecule has 1 atom stereocenters. The third kappa shape index (κ3) is 2.62. The van der Waals surface area contributed by atoms with Gasteiger partial charge < -0.3 is 10.3 Å². The summed E-state index contributed by atoms with van der Waals surface area (Å²) in [7, 11) is -3.34. The summed E-state index contributed by atoms with van der Waals surface area (Å²) in [6, 6.07) is 12.9. The normalized spacial score (nSPS) is 18.8.